The summed E-state index contributed by atoms with van der Waals surface area (Å²) in [5.74, 6) is -0.0153. The zero-order valence-electron chi connectivity index (χ0n) is 13.9. The van der Waals surface area contributed by atoms with Crippen LogP contribution in [0.25, 0.3) is 10.8 Å². The second-order valence-electron chi connectivity index (χ2n) is 5.44. The zero-order valence-corrected chi connectivity index (χ0v) is 14.6. The second kappa shape index (κ2) is 8.26. The highest BCUT2D eigenvalue weighted by Gasteiger charge is 2.15. The highest BCUT2D eigenvalue weighted by molar-refractivity contribution is 5.91. The molecule has 1 N–H and O–H groups in total. The summed E-state index contributed by atoms with van der Waals surface area (Å²) in [6, 6.07) is 13.9. The number of ether oxygens (including phenoxy) is 1. The van der Waals surface area contributed by atoms with Gasteiger partial charge in [-0.15, -0.1) is 0 Å². The molecule has 1 aromatic heterocycles. The lowest BCUT2D eigenvalue weighted by atomic mass is 10.2. The van der Waals surface area contributed by atoms with E-state index in [2.05, 4.69) is 5.32 Å². The predicted molar refractivity (Wildman–Crippen MR) is 92.4 cm³/mol. The number of anilines is 1. The van der Waals surface area contributed by atoms with Gasteiger partial charge in [0.05, 0.1) is 23.8 Å². The Morgan fingerprint density at radius 3 is 2.62 bits per heavy atom. The molecule has 0 atom stereocenters. The van der Waals surface area contributed by atoms with Crippen molar-refractivity contribution in [3.63, 3.8) is 0 Å². The van der Waals surface area contributed by atoms with Gasteiger partial charge in [0.1, 0.15) is 5.75 Å². The van der Waals surface area contributed by atoms with E-state index in [1.54, 1.807) is 4.57 Å². The van der Waals surface area contributed by atoms with Crippen molar-refractivity contribution >= 4 is 28.1 Å². The molecule has 2 aromatic carbocycles. The highest BCUT2D eigenvalue weighted by Crippen LogP contribution is 2.28. The molecule has 3 aromatic rings. The van der Waals surface area contributed by atoms with Crippen LogP contribution >= 0.6 is 0 Å². The van der Waals surface area contributed by atoms with Gasteiger partial charge in [-0.1, -0.05) is 18.2 Å². The first-order valence-corrected chi connectivity index (χ1v) is 7.57. The molecular weight excluding hydrogens is 358 g/mol. The van der Waals surface area contributed by atoms with E-state index in [-0.39, 0.29) is 36.3 Å². The van der Waals surface area contributed by atoms with E-state index >= 15 is 0 Å². The molecule has 8 heteroatoms. The molecule has 134 valence electrons. The number of hydrogen-bond acceptors (Lipinski definition) is 4. The van der Waals surface area contributed by atoms with Crippen LogP contribution in [0.4, 0.5) is 11.4 Å². The fraction of sp³-hybridized carbons (Fsp3) is 0.111. The highest BCUT2D eigenvalue weighted by atomic mass is 35.5. The summed E-state index contributed by atoms with van der Waals surface area (Å²) in [5, 5.41) is 15.7. The first-order valence-electron chi connectivity index (χ1n) is 7.57. The lowest BCUT2D eigenvalue weighted by Crippen LogP contribution is -3.00. The summed E-state index contributed by atoms with van der Waals surface area (Å²) >= 11 is 0. The van der Waals surface area contributed by atoms with E-state index in [0.29, 0.717) is 5.69 Å². The van der Waals surface area contributed by atoms with E-state index in [1.807, 2.05) is 42.7 Å². The first kappa shape index (κ1) is 19.1. The Morgan fingerprint density at radius 1 is 1.19 bits per heavy atom. The van der Waals surface area contributed by atoms with Gasteiger partial charge in [-0.05, 0) is 17.5 Å². The number of hydrogen-bond donors (Lipinski definition) is 1. The number of nitro benzene ring substituents is 1. The molecule has 0 fully saturated rings. The number of fused-ring (bicyclic) bond motifs is 1. The lowest BCUT2D eigenvalue weighted by Gasteiger charge is -2.08. The molecule has 26 heavy (non-hydrogen) atoms. The van der Waals surface area contributed by atoms with Gasteiger partial charge in [-0.2, -0.15) is 4.57 Å². The number of rotatable bonds is 5. The predicted octanol–water partition coefficient (Wildman–Crippen LogP) is -0.313. The maximum absolute atomic E-state index is 12.3. The summed E-state index contributed by atoms with van der Waals surface area (Å²) in [6.45, 7) is 0.116. The van der Waals surface area contributed by atoms with Gasteiger partial charge in [0, 0.05) is 17.5 Å². The van der Waals surface area contributed by atoms with Crippen molar-refractivity contribution in [3.8, 4) is 5.75 Å². The molecule has 1 heterocycles. The van der Waals surface area contributed by atoms with Crippen molar-refractivity contribution in [2.24, 2.45) is 0 Å². The Labute approximate surface area is 155 Å². The summed E-state index contributed by atoms with van der Waals surface area (Å²) in [7, 11) is 1.40. The molecule has 0 aliphatic heterocycles. The van der Waals surface area contributed by atoms with Gasteiger partial charge in [0.15, 0.2) is 12.4 Å². The van der Waals surface area contributed by atoms with Crippen molar-refractivity contribution in [2.45, 2.75) is 6.54 Å². The summed E-state index contributed by atoms with van der Waals surface area (Å²) in [4.78, 5) is 22.6. The van der Waals surface area contributed by atoms with Gasteiger partial charge < -0.3 is 22.5 Å². The number of halogens is 1. The van der Waals surface area contributed by atoms with Crippen LogP contribution in [0.15, 0.2) is 60.9 Å². The minimum Gasteiger partial charge on any atom is -1.00 e. The quantitative estimate of drug-likeness (QED) is 0.377. The van der Waals surface area contributed by atoms with Gasteiger partial charge in [-0.25, -0.2) is 0 Å². The fourth-order valence-electron chi connectivity index (χ4n) is 2.53. The number of carbonyl (C=O) groups excluding carboxylic acids is 1. The third-order valence-corrected chi connectivity index (χ3v) is 3.74. The van der Waals surface area contributed by atoms with Crippen molar-refractivity contribution in [3.05, 3.63) is 71.0 Å². The number of benzene rings is 2. The smallest absolute Gasteiger partial charge is 0.290 e. The van der Waals surface area contributed by atoms with Crippen molar-refractivity contribution in [1.82, 2.24) is 0 Å². The molecule has 0 saturated carbocycles. The molecule has 0 radical (unpaired) electrons. The number of nitro groups is 1. The minimum absolute atomic E-state index is 0. The van der Waals surface area contributed by atoms with Gasteiger partial charge in [-0.3, -0.25) is 14.9 Å². The van der Waals surface area contributed by atoms with E-state index in [0.717, 1.165) is 10.8 Å². The van der Waals surface area contributed by atoms with E-state index in [1.165, 1.54) is 25.3 Å². The van der Waals surface area contributed by atoms with Crippen LogP contribution in [0.1, 0.15) is 0 Å². The molecule has 7 nitrogen and oxygen atoms in total. The maximum atomic E-state index is 12.3. The van der Waals surface area contributed by atoms with Crippen LogP contribution in [0.2, 0.25) is 0 Å². The Bertz CT molecular complexity index is 962. The Morgan fingerprint density at radius 2 is 1.92 bits per heavy atom. The molecule has 0 unspecified atom stereocenters. The van der Waals surface area contributed by atoms with E-state index < -0.39 is 4.92 Å². The number of nitrogens with zero attached hydrogens (tertiary/aromatic N) is 2. The zero-order chi connectivity index (χ0) is 17.8. The number of pyridine rings is 1. The van der Waals surface area contributed by atoms with Gasteiger partial charge >= 0.3 is 0 Å². The molecule has 0 spiro atoms. The number of non-ortho nitro benzene ring substituents is 1. The summed E-state index contributed by atoms with van der Waals surface area (Å²) in [6.07, 6.45) is 3.72. The van der Waals surface area contributed by atoms with Crippen molar-refractivity contribution in [1.29, 1.82) is 0 Å². The van der Waals surface area contributed by atoms with E-state index in [9.17, 15) is 14.9 Å². The monoisotopic (exact) mass is 373 g/mol. The Kier molecular flexibility index (Phi) is 6.08. The molecule has 0 aliphatic carbocycles. The van der Waals surface area contributed by atoms with Crippen LogP contribution in [0.5, 0.6) is 5.75 Å². The Balaban J connectivity index is 0.00000243. The van der Waals surface area contributed by atoms with Gasteiger partial charge in [0.2, 0.25) is 6.54 Å². The number of methoxy groups -OCH3 is 1. The molecule has 0 bridgehead atoms. The molecular formula is C18H16ClN3O4. The maximum Gasteiger partial charge on any atom is 0.290 e. The van der Waals surface area contributed by atoms with E-state index in [4.69, 9.17) is 4.74 Å². The largest absolute Gasteiger partial charge is 1.00 e. The lowest BCUT2D eigenvalue weighted by molar-refractivity contribution is -0.682. The third-order valence-electron chi connectivity index (χ3n) is 3.74. The second-order valence-corrected chi connectivity index (χ2v) is 5.44. The average Bonchev–Trinajstić information content (AvgIpc) is 2.61. The Hall–Kier alpha value is -3.19. The SMILES string of the molecule is COc1cc([N+](=O)[O-])ccc1NC(=O)C[n+]1ccc2ccccc2c1.[Cl-]. The van der Waals surface area contributed by atoms with Crippen LogP contribution in [0, 0.1) is 10.1 Å². The fourth-order valence-corrected chi connectivity index (χ4v) is 2.53. The van der Waals surface area contributed by atoms with Crippen molar-refractivity contribution in [2.75, 3.05) is 12.4 Å². The van der Waals surface area contributed by atoms with Crippen LogP contribution < -0.4 is 27.0 Å². The van der Waals surface area contributed by atoms with Crippen molar-refractivity contribution < 1.29 is 31.4 Å². The number of amides is 1. The molecule has 1 amide bonds. The average molecular weight is 374 g/mol. The third kappa shape index (κ3) is 4.25. The standard InChI is InChI=1S/C18H15N3O4.ClH/c1-25-17-10-15(21(23)24)6-7-16(17)19-18(22)12-20-9-8-13-4-2-3-5-14(13)11-20;/h2-11H,12H2,1H3;1H. The topological polar surface area (TPSA) is 85.3 Å². The van der Waals surface area contributed by atoms with Crippen LogP contribution in [-0.4, -0.2) is 17.9 Å². The summed E-state index contributed by atoms with van der Waals surface area (Å²) < 4.78 is 6.89. The van der Waals surface area contributed by atoms with Gasteiger partial charge in [0.25, 0.3) is 11.6 Å². The van der Waals surface area contributed by atoms with Crippen LogP contribution in [-0.2, 0) is 11.3 Å². The molecule has 0 saturated heterocycles. The summed E-state index contributed by atoms with van der Waals surface area (Å²) in [5.41, 5.74) is 0.290. The molecule has 0 aliphatic rings. The normalized spacial score (nSPS) is 10.0. The minimum atomic E-state index is -0.515. The first-order chi connectivity index (χ1) is 12.1. The molecule has 3 rings (SSSR count). The van der Waals surface area contributed by atoms with Crippen LogP contribution in [0.3, 0.4) is 0 Å². The number of nitrogens with one attached hydrogen (secondary N) is 1. The number of aromatic nitrogens is 1. The number of carbonyl (C=O) groups is 1.